The summed E-state index contributed by atoms with van der Waals surface area (Å²) in [5, 5.41) is 14.4. The predicted octanol–water partition coefficient (Wildman–Crippen LogP) is 0.999. The van der Waals surface area contributed by atoms with Crippen molar-refractivity contribution < 1.29 is 17.9 Å². The van der Waals surface area contributed by atoms with Gasteiger partial charge in [-0.2, -0.15) is 22.9 Å². The van der Waals surface area contributed by atoms with Crippen LogP contribution >= 0.6 is 0 Å². The van der Waals surface area contributed by atoms with E-state index in [0.717, 1.165) is 36.1 Å². The Labute approximate surface area is 159 Å². The van der Waals surface area contributed by atoms with Crippen LogP contribution in [0.4, 0.5) is 5.69 Å². The molecule has 0 saturated carbocycles. The van der Waals surface area contributed by atoms with Crippen LogP contribution in [0.2, 0.25) is 0 Å². The Bertz CT molecular complexity index is 944. The molecule has 3 rings (SSSR count). The average Bonchev–Trinajstić information content (AvgIpc) is 2.61. The summed E-state index contributed by atoms with van der Waals surface area (Å²) >= 11 is 0. The highest BCUT2D eigenvalue weighted by molar-refractivity contribution is 7.86. The van der Waals surface area contributed by atoms with Crippen molar-refractivity contribution in [2.45, 2.75) is 13.3 Å². The highest BCUT2D eigenvalue weighted by Crippen LogP contribution is 2.41. The van der Waals surface area contributed by atoms with E-state index in [4.69, 9.17) is 14.6 Å². The van der Waals surface area contributed by atoms with Crippen molar-refractivity contribution in [2.24, 2.45) is 10.6 Å². The summed E-state index contributed by atoms with van der Waals surface area (Å²) in [4.78, 5) is 2.21. The summed E-state index contributed by atoms with van der Waals surface area (Å²) in [6, 6.07) is 3.72. The quantitative estimate of drug-likeness (QED) is 0.744. The topological polar surface area (TPSA) is 111 Å². The molecule has 9 nitrogen and oxygen atoms in total. The Balaban J connectivity index is 1.78. The Morgan fingerprint density at radius 2 is 1.89 bits per heavy atom. The van der Waals surface area contributed by atoms with E-state index in [1.54, 1.807) is 20.4 Å². The zero-order valence-corrected chi connectivity index (χ0v) is 16.8. The molecular weight excluding hydrogens is 370 g/mol. The number of hydrogen-bond acceptors (Lipinski definition) is 7. The third-order valence-electron chi connectivity index (χ3n) is 5.07. The molecule has 0 amide bonds. The fourth-order valence-corrected chi connectivity index (χ4v) is 3.73. The van der Waals surface area contributed by atoms with Gasteiger partial charge in [0.15, 0.2) is 11.5 Å². The van der Waals surface area contributed by atoms with Gasteiger partial charge in [0.1, 0.15) is 0 Å². The highest BCUT2D eigenvalue weighted by Gasteiger charge is 2.39. The van der Waals surface area contributed by atoms with Gasteiger partial charge in [-0.25, -0.2) is 5.14 Å². The molecule has 148 valence electrons. The van der Waals surface area contributed by atoms with Crippen molar-refractivity contribution in [1.82, 2.24) is 14.5 Å². The number of hydrogen-bond donors (Lipinski definition) is 1. The minimum atomic E-state index is -3.64. The lowest BCUT2D eigenvalue weighted by Gasteiger charge is -2.50. The summed E-state index contributed by atoms with van der Waals surface area (Å²) in [7, 11) is 1.03. The van der Waals surface area contributed by atoms with Crippen molar-refractivity contribution >= 4 is 26.8 Å². The number of benzene rings is 1. The van der Waals surface area contributed by atoms with Crippen molar-refractivity contribution in [3.05, 3.63) is 18.3 Å². The minimum absolute atomic E-state index is 0.00506. The molecule has 0 bridgehead atoms. The standard InChI is InChI=1S/C17H25N5O4S/c1-17(5-6-21(2)27(18,23)24)10-22(11-17)14-9-19-20-13-8-16(26-4)15(25-3)7-12(13)14/h7-9H,5-6,10-11H2,1-4H3,(H2,18,23,24). The molecule has 0 aliphatic carbocycles. The van der Waals surface area contributed by atoms with E-state index in [9.17, 15) is 8.42 Å². The number of rotatable bonds is 7. The monoisotopic (exact) mass is 395 g/mol. The van der Waals surface area contributed by atoms with Gasteiger partial charge in [0.2, 0.25) is 0 Å². The van der Waals surface area contributed by atoms with Gasteiger partial charge in [-0.3, -0.25) is 0 Å². The van der Waals surface area contributed by atoms with E-state index < -0.39 is 10.2 Å². The fourth-order valence-electron chi connectivity index (χ4n) is 3.38. The molecule has 0 atom stereocenters. The van der Waals surface area contributed by atoms with Crippen LogP contribution in [0.1, 0.15) is 13.3 Å². The smallest absolute Gasteiger partial charge is 0.276 e. The second kappa shape index (κ2) is 7.10. The van der Waals surface area contributed by atoms with Crippen LogP contribution in [0.5, 0.6) is 11.5 Å². The fraction of sp³-hybridized carbons (Fsp3) is 0.529. The Morgan fingerprint density at radius 1 is 1.26 bits per heavy atom. The minimum Gasteiger partial charge on any atom is -0.493 e. The summed E-state index contributed by atoms with van der Waals surface area (Å²) < 4.78 is 34.6. The van der Waals surface area contributed by atoms with Crippen molar-refractivity contribution in [3.8, 4) is 11.5 Å². The first-order chi connectivity index (χ1) is 12.7. The molecular formula is C17H25N5O4S. The first-order valence-electron chi connectivity index (χ1n) is 8.53. The van der Waals surface area contributed by atoms with Crippen LogP contribution in [-0.2, 0) is 10.2 Å². The molecule has 1 aliphatic heterocycles. The molecule has 1 aromatic carbocycles. The van der Waals surface area contributed by atoms with Crippen LogP contribution in [0.25, 0.3) is 10.9 Å². The number of methoxy groups -OCH3 is 2. The van der Waals surface area contributed by atoms with E-state index in [1.165, 1.54) is 11.4 Å². The van der Waals surface area contributed by atoms with Crippen LogP contribution in [0, 0.1) is 5.41 Å². The number of nitrogens with two attached hydrogens (primary N) is 1. The van der Waals surface area contributed by atoms with E-state index in [2.05, 4.69) is 22.0 Å². The SMILES string of the molecule is COc1cc2nncc(N3CC(C)(CCN(C)S(N)(=O)=O)C3)c2cc1OC. The maximum atomic E-state index is 11.4. The molecule has 0 spiro atoms. The van der Waals surface area contributed by atoms with Crippen LogP contribution in [0.3, 0.4) is 0 Å². The number of nitrogens with zero attached hydrogens (tertiary/aromatic N) is 4. The van der Waals surface area contributed by atoms with E-state index in [0.29, 0.717) is 18.0 Å². The lowest BCUT2D eigenvalue weighted by molar-refractivity contribution is 0.209. The highest BCUT2D eigenvalue weighted by atomic mass is 32.2. The first-order valence-corrected chi connectivity index (χ1v) is 10.0. The number of fused-ring (bicyclic) bond motifs is 1. The van der Waals surface area contributed by atoms with Gasteiger partial charge in [0, 0.05) is 43.5 Å². The van der Waals surface area contributed by atoms with E-state index >= 15 is 0 Å². The van der Waals surface area contributed by atoms with E-state index in [1.807, 2.05) is 12.1 Å². The second-order valence-electron chi connectivity index (χ2n) is 7.24. The van der Waals surface area contributed by atoms with Gasteiger partial charge < -0.3 is 14.4 Å². The molecule has 1 fully saturated rings. The molecule has 2 aromatic rings. The van der Waals surface area contributed by atoms with Gasteiger partial charge in [-0.05, 0) is 12.5 Å². The molecule has 10 heteroatoms. The predicted molar refractivity (Wildman–Crippen MR) is 103 cm³/mol. The van der Waals surface area contributed by atoms with Crippen LogP contribution < -0.4 is 19.5 Å². The maximum Gasteiger partial charge on any atom is 0.276 e. The first kappa shape index (κ1) is 19.6. The summed E-state index contributed by atoms with van der Waals surface area (Å²) in [5.41, 5.74) is 1.71. The lowest BCUT2D eigenvalue weighted by atomic mass is 9.78. The maximum absolute atomic E-state index is 11.4. The van der Waals surface area contributed by atoms with Gasteiger partial charge in [0.25, 0.3) is 10.2 Å². The zero-order chi connectivity index (χ0) is 19.8. The number of anilines is 1. The third-order valence-corrected chi connectivity index (χ3v) is 6.13. The summed E-state index contributed by atoms with van der Waals surface area (Å²) in [5.74, 6) is 1.24. The van der Waals surface area contributed by atoms with Gasteiger partial charge in [-0.1, -0.05) is 6.92 Å². The molecule has 2 N–H and O–H groups in total. The van der Waals surface area contributed by atoms with E-state index in [-0.39, 0.29) is 5.41 Å². The Hall–Kier alpha value is -2.17. The lowest BCUT2D eigenvalue weighted by Crippen LogP contribution is -2.56. The third kappa shape index (κ3) is 3.92. The molecule has 0 radical (unpaired) electrons. The van der Waals surface area contributed by atoms with Crippen molar-refractivity contribution in [1.29, 1.82) is 0 Å². The van der Waals surface area contributed by atoms with Crippen LogP contribution in [0.15, 0.2) is 18.3 Å². The average molecular weight is 395 g/mol. The summed E-state index contributed by atoms with van der Waals surface area (Å²) in [6.07, 6.45) is 2.47. The molecule has 27 heavy (non-hydrogen) atoms. The molecule has 2 heterocycles. The summed E-state index contributed by atoms with van der Waals surface area (Å²) in [6.45, 7) is 4.12. The largest absolute Gasteiger partial charge is 0.493 e. The normalized spacial score (nSPS) is 16.4. The molecule has 1 aromatic heterocycles. The van der Waals surface area contributed by atoms with Crippen molar-refractivity contribution in [2.75, 3.05) is 45.8 Å². The van der Waals surface area contributed by atoms with Crippen LogP contribution in [-0.4, -0.2) is 63.8 Å². The molecule has 1 saturated heterocycles. The van der Waals surface area contributed by atoms with Gasteiger partial charge >= 0.3 is 0 Å². The second-order valence-corrected chi connectivity index (χ2v) is 8.89. The van der Waals surface area contributed by atoms with Gasteiger partial charge in [0.05, 0.1) is 31.6 Å². The number of ether oxygens (including phenoxy) is 2. The van der Waals surface area contributed by atoms with Crippen molar-refractivity contribution in [3.63, 3.8) is 0 Å². The molecule has 1 aliphatic rings. The zero-order valence-electron chi connectivity index (χ0n) is 16.0. The molecule has 0 unspecified atom stereocenters. The van der Waals surface area contributed by atoms with Gasteiger partial charge in [-0.15, -0.1) is 0 Å². The number of aromatic nitrogens is 2. The Morgan fingerprint density at radius 3 is 2.48 bits per heavy atom. The Kier molecular flexibility index (Phi) is 5.15.